The van der Waals surface area contributed by atoms with Crippen LogP contribution in [0.5, 0.6) is 17.2 Å². The molecule has 4 N–H and O–H groups in total. The molecule has 1 amide bonds. The van der Waals surface area contributed by atoms with Crippen LogP contribution in [-0.4, -0.2) is 52.7 Å². The van der Waals surface area contributed by atoms with Gasteiger partial charge >= 0.3 is 0 Å². The molecular weight excluding hydrogens is 404 g/mol. The number of carbonyl (C=O) groups is 3. The van der Waals surface area contributed by atoms with E-state index in [1.807, 2.05) is 0 Å². The minimum atomic E-state index is -0.590. The molecular formula is C22H20N2O7. The number of nitrogens with one attached hydrogen (secondary N) is 1. The molecule has 9 heteroatoms. The molecule has 0 aliphatic heterocycles. The topological polar surface area (TPSA) is 146 Å². The second-order valence-corrected chi connectivity index (χ2v) is 7.39. The highest BCUT2D eigenvalue weighted by atomic mass is 16.5. The van der Waals surface area contributed by atoms with Crippen LogP contribution in [0.15, 0.2) is 23.3 Å². The van der Waals surface area contributed by atoms with Gasteiger partial charge in [-0.1, -0.05) is 12.1 Å². The predicted octanol–water partition coefficient (Wildman–Crippen LogP) is 1.08. The number of phenolic OH excluding ortho intramolecular Hbond substituents is 2. The van der Waals surface area contributed by atoms with Crippen molar-refractivity contribution in [3.05, 3.63) is 51.6 Å². The van der Waals surface area contributed by atoms with Gasteiger partial charge in [0.05, 0.1) is 36.1 Å². The zero-order valence-electron chi connectivity index (χ0n) is 16.6. The van der Waals surface area contributed by atoms with Crippen molar-refractivity contribution in [2.24, 2.45) is 11.0 Å². The molecule has 0 bridgehead atoms. The minimum Gasteiger partial charge on any atom is -0.507 e. The van der Waals surface area contributed by atoms with Gasteiger partial charge in [-0.3, -0.25) is 14.4 Å². The lowest BCUT2D eigenvalue weighted by atomic mass is 9.74. The number of nitrogens with zero attached hydrogens (tertiary/aromatic N) is 1. The maximum absolute atomic E-state index is 13.2. The maximum Gasteiger partial charge on any atom is 0.227 e. The van der Waals surface area contributed by atoms with Gasteiger partial charge in [0.15, 0.2) is 5.78 Å². The quantitative estimate of drug-likeness (QED) is 0.207. The molecule has 31 heavy (non-hydrogen) atoms. The van der Waals surface area contributed by atoms with Gasteiger partial charge < -0.3 is 20.1 Å². The highest BCUT2D eigenvalue weighted by Crippen LogP contribution is 2.47. The third-order valence-electron chi connectivity index (χ3n) is 5.92. The molecule has 160 valence electrons. The molecule has 1 unspecified atom stereocenters. The van der Waals surface area contributed by atoms with Gasteiger partial charge in [-0.05, 0) is 25.3 Å². The number of methoxy groups -OCH3 is 1. The summed E-state index contributed by atoms with van der Waals surface area (Å²) in [4.78, 5) is 37.0. The monoisotopic (exact) mass is 424 g/mol. The summed E-state index contributed by atoms with van der Waals surface area (Å²) in [6, 6.07) is 4.60. The first-order valence-electron chi connectivity index (χ1n) is 9.67. The van der Waals surface area contributed by atoms with Gasteiger partial charge in [0, 0.05) is 22.6 Å². The Hall–Kier alpha value is -3.72. The zero-order chi connectivity index (χ0) is 22.3. The second kappa shape index (κ2) is 7.84. The molecule has 0 radical (unpaired) electrons. The number of aliphatic hydroxyl groups is 1. The van der Waals surface area contributed by atoms with E-state index in [9.17, 15) is 29.7 Å². The summed E-state index contributed by atoms with van der Waals surface area (Å²) in [5.41, 5.74) is 2.86. The number of hydrogen-bond donors (Lipinski definition) is 4. The molecule has 9 nitrogen and oxygen atoms in total. The fourth-order valence-electron chi connectivity index (χ4n) is 4.46. The Morgan fingerprint density at radius 1 is 1.16 bits per heavy atom. The normalized spacial score (nSPS) is 17.5. The average molecular weight is 424 g/mol. The molecule has 4 rings (SSSR count). The van der Waals surface area contributed by atoms with Crippen LogP contribution in [0.1, 0.15) is 49.4 Å². The van der Waals surface area contributed by atoms with Crippen molar-refractivity contribution in [3.8, 4) is 17.2 Å². The van der Waals surface area contributed by atoms with Crippen molar-refractivity contribution in [1.29, 1.82) is 0 Å². The fourth-order valence-corrected chi connectivity index (χ4v) is 4.46. The Balaban J connectivity index is 1.87. The van der Waals surface area contributed by atoms with Crippen LogP contribution in [-0.2, 0) is 17.6 Å². The number of phenols is 2. The highest BCUT2D eigenvalue weighted by Gasteiger charge is 2.40. The van der Waals surface area contributed by atoms with Crippen LogP contribution < -0.4 is 10.2 Å². The summed E-state index contributed by atoms with van der Waals surface area (Å²) in [6.07, 6.45) is 1.30. The largest absolute Gasteiger partial charge is 0.507 e. The van der Waals surface area contributed by atoms with E-state index in [0.717, 1.165) is 0 Å². The number of hydrogen-bond acceptors (Lipinski definition) is 8. The van der Waals surface area contributed by atoms with Crippen LogP contribution in [0.3, 0.4) is 0 Å². The van der Waals surface area contributed by atoms with E-state index in [-0.39, 0.29) is 58.3 Å². The number of aromatic hydroxyl groups is 2. The number of aliphatic hydroxyl groups excluding tert-OH is 1. The number of ether oxygens (including phenoxy) is 1. The molecule has 1 atom stereocenters. The third-order valence-corrected chi connectivity index (χ3v) is 5.92. The minimum absolute atomic E-state index is 0.0560. The number of hydrazone groups is 1. The van der Waals surface area contributed by atoms with Crippen molar-refractivity contribution in [2.45, 2.75) is 19.3 Å². The summed E-state index contributed by atoms with van der Waals surface area (Å²) in [5, 5.41) is 35.4. The second-order valence-electron chi connectivity index (χ2n) is 7.39. The van der Waals surface area contributed by atoms with E-state index in [4.69, 9.17) is 4.74 Å². The van der Waals surface area contributed by atoms with Crippen LogP contribution in [0.25, 0.3) is 0 Å². The number of rotatable bonds is 5. The Kier molecular flexibility index (Phi) is 5.20. The Morgan fingerprint density at radius 2 is 1.87 bits per heavy atom. The predicted molar refractivity (Wildman–Crippen MR) is 109 cm³/mol. The smallest absolute Gasteiger partial charge is 0.227 e. The van der Waals surface area contributed by atoms with E-state index in [2.05, 4.69) is 10.5 Å². The summed E-state index contributed by atoms with van der Waals surface area (Å²) in [5.74, 6) is -1.98. The molecule has 0 aromatic heterocycles. The molecule has 0 saturated heterocycles. The molecule has 2 aliphatic rings. The van der Waals surface area contributed by atoms with E-state index in [1.165, 1.54) is 13.2 Å². The van der Waals surface area contributed by atoms with Crippen molar-refractivity contribution in [2.75, 3.05) is 13.7 Å². The van der Waals surface area contributed by atoms with Crippen LogP contribution in [0.4, 0.5) is 0 Å². The van der Waals surface area contributed by atoms with Crippen molar-refractivity contribution < 1.29 is 34.4 Å². The summed E-state index contributed by atoms with van der Waals surface area (Å²) >= 11 is 0. The van der Waals surface area contributed by atoms with Crippen molar-refractivity contribution >= 4 is 23.7 Å². The Bertz CT molecular complexity index is 1150. The number of benzene rings is 2. The lowest BCUT2D eigenvalue weighted by Crippen LogP contribution is -2.29. The van der Waals surface area contributed by atoms with E-state index in [0.29, 0.717) is 29.7 Å². The van der Waals surface area contributed by atoms with Gasteiger partial charge in [0.25, 0.3) is 0 Å². The first-order valence-corrected chi connectivity index (χ1v) is 9.67. The molecule has 0 saturated carbocycles. The first-order chi connectivity index (χ1) is 14.9. The number of ketones is 2. The Labute approximate surface area is 177 Å². The van der Waals surface area contributed by atoms with Gasteiger partial charge in [-0.25, -0.2) is 5.43 Å². The SMILES string of the molecule is COc1cccc2c1C(=O)c1c(O)c3c(c(O)c1C2=O)CC(/C(CO)=N/NC=O)CC3. The van der Waals surface area contributed by atoms with Gasteiger partial charge in [0.1, 0.15) is 17.2 Å². The van der Waals surface area contributed by atoms with Gasteiger partial charge in [0.2, 0.25) is 12.2 Å². The lowest BCUT2D eigenvalue weighted by Gasteiger charge is -2.30. The lowest BCUT2D eigenvalue weighted by molar-refractivity contribution is -0.109. The highest BCUT2D eigenvalue weighted by molar-refractivity contribution is 6.31. The molecule has 2 aromatic carbocycles. The van der Waals surface area contributed by atoms with Gasteiger partial charge in [-0.2, -0.15) is 5.10 Å². The Morgan fingerprint density at radius 3 is 2.55 bits per heavy atom. The summed E-state index contributed by atoms with van der Waals surface area (Å²) in [6.45, 7) is -0.400. The fraction of sp³-hybridized carbons (Fsp3) is 0.273. The van der Waals surface area contributed by atoms with E-state index in [1.54, 1.807) is 12.1 Å². The summed E-state index contributed by atoms with van der Waals surface area (Å²) < 4.78 is 5.23. The van der Waals surface area contributed by atoms with E-state index < -0.39 is 18.2 Å². The van der Waals surface area contributed by atoms with Crippen molar-refractivity contribution in [1.82, 2.24) is 5.43 Å². The third kappa shape index (κ3) is 3.05. The van der Waals surface area contributed by atoms with Crippen LogP contribution >= 0.6 is 0 Å². The average Bonchev–Trinajstić information content (AvgIpc) is 2.79. The molecule has 0 spiro atoms. The number of fused-ring (bicyclic) bond motifs is 3. The molecule has 0 heterocycles. The van der Waals surface area contributed by atoms with E-state index >= 15 is 0 Å². The maximum atomic E-state index is 13.2. The first kappa shape index (κ1) is 20.5. The number of amides is 1. The van der Waals surface area contributed by atoms with Crippen LogP contribution in [0, 0.1) is 5.92 Å². The standard InChI is InChI=1S/C22H20N2O7/c1-31-15-4-2-3-12-16(15)22(30)18-17(20(12)28)21(29)13-7-10(5-6-11(13)19(18)27)14(8-25)24-23-9-26/h2-4,9-10,25,27,29H,5-8H2,1H3,(H,23,26)/b24-14+. The van der Waals surface area contributed by atoms with Crippen molar-refractivity contribution in [3.63, 3.8) is 0 Å². The molecule has 2 aliphatic carbocycles. The van der Waals surface area contributed by atoms with Gasteiger partial charge in [-0.15, -0.1) is 0 Å². The summed E-state index contributed by atoms with van der Waals surface area (Å²) in [7, 11) is 1.38. The molecule has 2 aromatic rings. The molecule has 0 fully saturated rings. The zero-order valence-corrected chi connectivity index (χ0v) is 16.6. The number of carbonyl (C=O) groups excluding carboxylic acids is 3. The van der Waals surface area contributed by atoms with Crippen LogP contribution in [0.2, 0.25) is 0 Å².